The fourth-order valence-electron chi connectivity index (χ4n) is 3.60. The van der Waals surface area contributed by atoms with Gasteiger partial charge in [-0.1, -0.05) is 24.3 Å². The van der Waals surface area contributed by atoms with Gasteiger partial charge < -0.3 is 14.4 Å². The van der Waals surface area contributed by atoms with Crippen LogP contribution in [0.15, 0.2) is 54.9 Å². The normalized spacial score (nSPS) is 14.6. The van der Waals surface area contributed by atoms with Gasteiger partial charge in [0, 0.05) is 56.5 Å². The molecule has 6 nitrogen and oxygen atoms in total. The Hall–Kier alpha value is -3.15. The molecule has 6 heteroatoms. The fraction of sp³-hybridized carbons (Fsp3) is 0.286. The Bertz CT molecular complexity index is 972. The summed E-state index contributed by atoms with van der Waals surface area (Å²) in [6, 6.07) is 13.7. The first-order valence-corrected chi connectivity index (χ1v) is 9.14. The quantitative estimate of drug-likeness (QED) is 0.717. The minimum Gasteiger partial charge on any atom is -0.340 e. The Morgan fingerprint density at radius 3 is 2.44 bits per heavy atom. The maximum absolute atomic E-state index is 13.0. The number of carbonyl (C=O) groups excluding carboxylic acids is 2. The topological polar surface area (TPSA) is 58.4 Å². The van der Waals surface area contributed by atoms with Crippen molar-refractivity contribution in [1.82, 2.24) is 19.4 Å². The maximum Gasteiger partial charge on any atom is 0.270 e. The summed E-state index contributed by atoms with van der Waals surface area (Å²) in [5, 5.41) is 1.06. The first-order valence-electron chi connectivity index (χ1n) is 9.14. The number of amides is 2. The van der Waals surface area contributed by atoms with Crippen LogP contribution in [0.3, 0.4) is 0 Å². The van der Waals surface area contributed by atoms with Crippen LogP contribution in [0, 0.1) is 0 Å². The minimum atomic E-state index is 0.0214. The zero-order chi connectivity index (χ0) is 18.8. The van der Waals surface area contributed by atoms with Crippen LogP contribution in [0.5, 0.6) is 0 Å². The lowest BCUT2D eigenvalue weighted by Crippen LogP contribution is -2.51. The van der Waals surface area contributed by atoms with Crippen molar-refractivity contribution in [2.75, 3.05) is 26.2 Å². The number of aromatic nitrogens is 2. The van der Waals surface area contributed by atoms with Crippen LogP contribution >= 0.6 is 0 Å². The average Bonchev–Trinajstić information content (AvgIpc) is 3.05. The molecule has 1 fully saturated rings. The fourth-order valence-corrected chi connectivity index (χ4v) is 3.60. The number of benzene rings is 1. The predicted molar refractivity (Wildman–Crippen MR) is 103 cm³/mol. The van der Waals surface area contributed by atoms with E-state index in [-0.39, 0.29) is 11.8 Å². The number of rotatable bonds is 3. The SMILES string of the molecule is Cn1c(C(=O)N2CCN(C(=O)Cc3cccnc3)CC2)cc2ccccc21. The van der Waals surface area contributed by atoms with Gasteiger partial charge in [-0.25, -0.2) is 0 Å². The molecule has 0 spiro atoms. The highest BCUT2D eigenvalue weighted by Gasteiger charge is 2.26. The van der Waals surface area contributed by atoms with Crippen LogP contribution in [-0.4, -0.2) is 57.3 Å². The molecule has 0 aliphatic carbocycles. The minimum absolute atomic E-state index is 0.0214. The van der Waals surface area contributed by atoms with Gasteiger partial charge in [0.2, 0.25) is 5.91 Å². The third-order valence-electron chi connectivity index (χ3n) is 5.17. The lowest BCUT2D eigenvalue weighted by molar-refractivity contribution is -0.131. The lowest BCUT2D eigenvalue weighted by Gasteiger charge is -2.35. The molecule has 3 aromatic rings. The van der Waals surface area contributed by atoms with Crippen molar-refractivity contribution in [2.24, 2.45) is 7.05 Å². The molecule has 0 bridgehead atoms. The van der Waals surface area contributed by atoms with E-state index >= 15 is 0 Å². The molecule has 2 amide bonds. The van der Waals surface area contributed by atoms with E-state index < -0.39 is 0 Å². The van der Waals surface area contributed by atoms with E-state index in [0.29, 0.717) is 38.3 Å². The number of pyridine rings is 1. The smallest absolute Gasteiger partial charge is 0.270 e. The van der Waals surface area contributed by atoms with Gasteiger partial charge >= 0.3 is 0 Å². The second-order valence-corrected chi connectivity index (χ2v) is 6.86. The number of hydrogen-bond donors (Lipinski definition) is 0. The Labute approximate surface area is 158 Å². The largest absolute Gasteiger partial charge is 0.340 e. The zero-order valence-corrected chi connectivity index (χ0v) is 15.3. The van der Waals surface area contributed by atoms with Crippen LogP contribution in [0.4, 0.5) is 0 Å². The molecule has 0 unspecified atom stereocenters. The van der Waals surface area contributed by atoms with Gasteiger partial charge in [0.15, 0.2) is 0 Å². The summed E-state index contributed by atoms with van der Waals surface area (Å²) in [7, 11) is 1.92. The maximum atomic E-state index is 13.0. The summed E-state index contributed by atoms with van der Waals surface area (Å²) in [4.78, 5) is 33.1. The van der Waals surface area contributed by atoms with Gasteiger partial charge in [-0.3, -0.25) is 14.6 Å². The van der Waals surface area contributed by atoms with E-state index in [0.717, 1.165) is 16.5 Å². The predicted octanol–water partition coefficient (Wildman–Crippen LogP) is 2.10. The van der Waals surface area contributed by atoms with Crippen LogP contribution in [0.25, 0.3) is 10.9 Å². The molecule has 0 N–H and O–H groups in total. The standard InChI is InChI=1S/C21H22N4O2/c1-23-18-7-3-2-6-17(18)14-19(23)21(27)25-11-9-24(10-12-25)20(26)13-16-5-4-8-22-15-16/h2-8,14-15H,9-13H2,1H3. The highest BCUT2D eigenvalue weighted by molar-refractivity contribution is 5.98. The number of nitrogens with zero attached hydrogens (tertiary/aromatic N) is 4. The number of fused-ring (bicyclic) bond motifs is 1. The molecule has 1 saturated heterocycles. The molecule has 138 valence electrons. The van der Waals surface area contributed by atoms with Crippen LogP contribution < -0.4 is 0 Å². The molecule has 3 heterocycles. The first-order chi connectivity index (χ1) is 13.1. The summed E-state index contributed by atoms with van der Waals surface area (Å²) in [5.41, 5.74) is 2.65. The van der Waals surface area contributed by atoms with Crippen molar-refractivity contribution >= 4 is 22.7 Å². The van der Waals surface area contributed by atoms with Crippen LogP contribution in [0.2, 0.25) is 0 Å². The molecule has 1 aromatic carbocycles. The number of piperazine rings is 1. The Morgan fingerprint density at radius 2 is 1.74 bits per heavy atom. The van der Waals surface area contributed by atoms with Crippen molar-refractivity contribution < 1.29 is 9.59 Å². The van der Waals surface area contributed by atoms with Crippen LogP contribution in [0.1, 0.15) is 16.1 Å². The van der Waals surface area contributed by atoms with Gasteiger partial charge in [-0.15, -0.1) is 0 Å². The van der Waals surface area contributed by atoms with Gasteiger partial charge in [0.25, 0.3) is 5.91 Å². The van der Waals surface area contributed by atoms with Crippen molar-refractivity contribution in [3.8, 4) is 0 Å². The molecule has 1 aliphatic rings. The zero-order valence-electron chi connectivity index (χ0n) is 15.3. The molecule has 0 radical (unpaired) electrons. The second kappa shape index (κ2) is 7.23. The summed E-state index contributed by atoms with van der Waals surface area (Å²) in [6.07, 6.45) is 3.77. The van der Waals surface area contributed by atoms with Crippen molar-refractivity contribution in [1.29, 1.82) is 0 Å². The third-order valence-corrected chi connectivity index (χ3v) is 5.17. The molecule has 1 aliphatic heterocycles. The average molecular weight is 362 g/mol. The molecule has 0 saturated carbocycles. The summed E-state index contributed by atoms with van der Waals surface area (Å²) >= 11 is 0. The van der Waals surface area contributed by atoms with E-state index in [2.05, 4.69) is 4.98 Å². The Kier molecular flexibility index (Phi) is 4.62. The highest BCUT2D eigenvalue weighted by atomic mass is 16.2. The first kappa shape index (κ1) is 17.3. The van der Waals surface area contributed by atoms with Crippen molar-refractivity contribution in [3.05, 3.63) is 66.1 Å². The number of hydrogen-bond acceptors (Lipinski definition) is 3. The van der Waals surface area contributed by atoms with E-state index in [1.165, 1.54) is 0 Å². The third kappa shape index (κ3) is 3.43. The van der Waals surface area contributed by atoms with Gasteiger partial charge in [0.1, 0.15) is 5.69 Å². The van der Waals surface area contributed by atoms with Gasteiger partial charge in [0.05, 0.1) is 6.42 Å². The number of para-hydroxylation sites is 1. The lowest BCUT2D eigenvalue weighted by atomic mass is 10.2. The van der Waals surface area contributed by atoms with Crippen LogP contribution in [-0.2, 0) is 18.3 Å². The summed E-state index contributed by atoms with van der Waals surface area (Å²) in [5.74, 6) is 0.104. The second-order valence-electron chi connectivity index (χ2n) is 6.86. The van der Waals surface area contributed by atoms with E-state index in [1.54, 1.807) is 12.4 Å². The highest BCUT2D eigenvalue weighted by Crippen LogP contribution is 2.20. The molecular weight excluding hydrogens is 340 g/mol. The Balaban J connectivity index is 1.40. The Morgan fingerprint density at radius 1 is 1.00 bits per heavy atom. The van der Waals surface area contributed by atoms with E-state index in [1.807, 2.05) is 63.9 Å². The van der Waals surface area contributed by atoms with E-state index in [4.69, 9.17) is 0 Å². The number of aryl methyl sites for hydroxylation is 1. The molecule has 27 heavy (non-hydrogen) atoms. The summed E-state index contributed by atoms with van der Waals surface area (Å²) < 4.78 is 1.94. The van der Waals surface area contributed by atoms with Crippen molar-refractivity contribution in [2.45, 2.75) is 6.42 Å². The monoisotopic (exact) mass is 362 g/mol. The van der Waals surface area contributed by atoms with E-state index in [9.17, 15) is 9.59 Å². The summed E-state index contributed by atoms with van der Waals surface area (Å²) in [6.45, 7) is 2.24. The van der Waals surface area contributed by atoms with Gasteiger partial charge in [-0.2, -0.15) is 0 Å². The molecule has 4 rings (SSSR count). The molecule has 2 aromatic heterocycles. The number of carbonyl (C=O) groups is 2. The molecule has 0 atom stereocenters. The van der Waals surface area contributed by atoms with Crippen molar-refractivity contribution in [3.63, 3.8) is 0 Å². The molecular formula is C21H22N4O2. The van der Waals surface area contributed by atoms with Gasteiger partial charge in [-0.05, 0) is 23.8 Å².